The first-order chi connectivity index (χ1) is 11.8. The van der Waals surface area contributed by atoms with Crippen LogP contribution in [-0.2, 0) is 4.79 Å². The van der Waals surface area contributed by atoms with E-state index in [9.17, 15) is 4.79 Å². The van der Waals surface area contributed by atoms with E-state index in [0.717, 1.165) is 36.6 Å². The molecule has 0 radical (unpaired) electrons. The first-order valence-electron chi connectivity index (χ1n) is 8.61. The van der Waals surface area contributed by atoms with Gasteiger partial charge < -0.3 is 9.64 Å². The lowest BCUT2D eigenvalue weighted by molar-refractivity contribution is -0.136. The van der Waals surface area contributed by atoms with Gasteiger partial charge in [0.25, 0.3) is 0 Å². The molecule has 1 amide bonds. The van der Waals surface area contributed by atoms with Crippen molar-refractivity contribution in [3.63, 3.8) is 0 Å². The lowest BCUT2D eigenvalue weighted by atomic mass is 10.0. The van der Waals surface area contributed by atoms with Crippen LogP contribution in [0, 0.1) is 5.92 Å². The van der Waals surface area contributed by atoms with Gasteiger partial charge in [0.2, 0.25) is 5.91 Å². The molecule has 0 spiro atoms. The second-order valence-electron chi connectivity index (χ2n) is 6.64. The summed E-state index contributed by atoms with van der Waals surface area (Å²) < 4.78 is 5.21. The summed E-state index contributed by atoms with van der Waals surface area (Å²) in [5.41, 5.74) is 1.25. The number of nitrogens with zero attached hydrogens (tertiary/aromatic N) is 2. The quantitative estimate of drug-likeness (QED) is 0.843. The third-order valence-corrected chi connectivity index (χ3v) is 6.05. The number of piperidine rings is 1. The molecule has 126 valence electrons. The molecule has 4 rings (SSSR count). The molecule has 2 heterocycles. The molecule has 1 aliphatic heterocycles. The van der Waals surface area contributed by atoms with Gasteiger partial charge in [0.1, 0.15) is 10.8 Å². The number of aromatic nitrogens is 1. The highest BCUT2D eigenvalue weighted by Gasteiger charge is 2.47. The van der Waals surface area contributed by atoms with E-state index in [2.05, 4.69) is 22.0 Å². The summed E-state index contributed by atoms with van der Waals surface area (Å²) in [6.45, 7) is 0.870. The summed E-state index contributed by atoms with van der Waals surface area (Å²) >= 11 is 1.67. The van der Waals surface area contributed by atoms with Gasteiger partial charge in [-0.1, -0.05) is 12.1 Å². The molecule has 24 heavy (non-hydrogen) atoms. The third kappa shape index (κ3) is 2.93. The van der Waals surface area contributed by atoms with Crippen LogP contribution in [0.2, 0.25) is 0 Å². The molecule has 1 saturated heterocycles. The van der Waals surface area contributed by atoms with E-state index in [1.807, 2.05) is 23.7 Å². The molecule has 2 aromatic rings. The van der Waals surface area contributed by atoms with Crippen molar-refractivity contribution in [1.82, 2.24) is 9.88 Å². The monoisotopic (exact) mass is 342 g/mol. The number of likely N-dealkylation sites (tertiary alicyclic amines) is 1. The topological polar surface area (TPSA) is 42.4 Å². The number of amides is 1. The Bertz CT molecular complexity index is 699. The molecule has 3 unspecified atom stereocenters. The van der Waals surface area contributed by atoms with E-state index in [0.29, 0.717) is 11.8 Å². The summed E-state index contributed by atoms with van der Waals surface area (Å²) in [5.74, 6) is 1.68. The highest BCUT2D eigenvalue weighted by atomic mass is 32.1. The van der Waals surface area contributed by atoms with Crippen LogP contribution in [0.5, 0.6) is 5.75 Å². The van der Waals surface area contributed by atoms with E-state index in [1.54, 1.807) is 18.4 Å². The van der Waals surface area contributed by atoms with Gasteiger partial charge in [0, 0.05) is 24.0 Å². The molecule has 1 aliphatic carbocycles. The van der Waals surface area contributed by atoms with E-state index in [-0.39, 0.29) is 12.0 Å². The maximum Gasteiger partial charge on any atom is 0.226 e. The molecule has 1 aromatic heterocycles. The molecule has 0 N–H and O–H groups in total. The minimum absolute atomic E-state index is 0.138. The van der Waals surface area contributed by atoms with E-state index < -0.39 is 0 Å². The molecule has 4 nitrogen and oxygen atoms in total. The fraction of sp³-hybridized carbons (Fsp3) is 0.474. The van der Waals surface area contributed by atoms with Gasteiger partial charge in [-0.05, 0) is 49.3 Å². The van der Waals surface area contributed by atoms with Crippen molar-refractivity contribution in [1.29, 1.82) is 0 Å². The van der Waals surface area contributed by atoms with Crippen LogP contribution in [0.1, 0.15) is 48.2 Å². The molecular formula is C19H22N2O2S. The fourth-order valence-electron chi connectivity index (χ4n) is 3.75. The molecular weight excluding hydrogens is 320 g/mol. The number of ether oxygens (including phenoxy) is 1. The summed E-state index contributed by atoms with van der Waals surface area (Å²) in [7, 11) is 1.67. The normalized spacial score (nSPS) is 26.2. The smallest absolute Gasteiger partial charge is 0.226 e. The van der Waals surface area contributed by atoms with Crippen LogP contribution in [0.25, 0.3) is 0 Å². The van der Waals surface area contributed by atoms with Crippen LogP contribution >= 0.6 is 11.3 Å². The van der Waals surface area contributed by atoms with Gasteiger partial charge >= 0.3 is 0 Å². The Labute approximate surface area is 146 Å². The molecule has 2 fully saturated rings. The minimum atomic E-state index is 0.138. The highest BCUT2D eigenvalue weighted by molar-refractivity contribution is 7.09. The predicted molar refractivity (Wildman–Crippen MR) is 94.3 cm³/mol. The first kappa shape index (κ1) is 15.6. The Balaban J connectivity index is 1.47. The van der Waals surface area contributed by atoms with Crippen LogP contribution < -0.4 is 4.74 Å². The first-order valence-corrected chi connectivity index (χ1v) is 9.49. The lowest BCUT2D eigenvalue weighted by Gasteiger charge is -2.34. The van der Waals surface area contributed by atoms with E-state index >= 15 is 0 Å². The van der Waals surface area contributed by atoms with Crippen LogP contribution in [0.15, 0.2) is 35.8 Å². The summed E-state index contributed by atoms with van der Waals surface area (Å²) in [6, 6.07) is 8.32. The molecule has 2 aliphatic rings. The zero-order valence-electron chi connectivity index (χ0n) is 13.9. The molecule has 0 bridgehead atoms. The second-order valence-corrected chi connectivity index (χ2v) is 7.56. The van der Waals surface area contributed by atoms with Gasteiger partial charge in [0.05, 0.1) is 13.2 Å². The molecule has 5 heteroatoms. The number of rotatable bonds is 4. The Hall–Kier alpha value is -1.88. The molecule has 1 aromatic carbocycles. The van der Waals surface area contributed by atoms with Crippen molar-refractivity contribution in [3.05, 3.63) is 46.4 Å². The van der Waals surface area contributed by atoms with Crippen LogP contribution in [0.4, 0.5) is 0 Å². The van der Waals surface area contributed by atoms with Crippen molar-refractivity contribution in [2.24, 2.45) is 5.92 Å². The molecule has 1 saturated carbocycles. The minimum Gasteiger partial charge on any atom is -0.497 e. The number of thiazole rings is 1. The Morgan fingerprint density at radius 1 is 1.29 bits per heavy atom. The average molecular weight is 342 g/mol. The van der Waals surface area contributed by atoms with Gasteiger partial charge in [-0.3, -0.25) is 4.79 Å². The molecule has 3 atom stereocenters. The number of hydrogen-bond acceptors (Lipinski definition) is 4. The zero-order valence-corrected chi connectivity index (χ0v) is 14.7. The van der Waals surface area contributed by atoms with Crippen molar-refractivity contribution >= 4 is 17.2 Å². The number of carbonyl (C=O) groups excluding carboxylic acids is 1. The Morgan fingerprint density at radius 2 is 2.12 bits per heavy atom. The van der Waals surface area contributed by atoms with Gasteiger partial charge in [0.15, 0.2) is 0 Å². The van der Waals surface area contributed by atoms with Gasteiger partial charge in [-0.25, -0.2) is 4.98 Å². The van der Waals surface area contributed by atoms with Gasteiger partial charge in [-0.2, -0.15) is 0 Å². The van der Waals surface area contributed by atoms with Crippen molar-refractivity contribution in [2.75, 3.05) is 13.7 Å². The van der Waals surface area contributed by atoms with Crippen molar-refractivity contribution in [3.8, 4) is 5.75 Å². The summed E-state index contributed by atoms with van der Waals surface area (Å²) in [6.07, 6.45) is 6.13. The fourth-order valence-corrected chi connectivity index (χ4v) is 4.54. The number of hydrogen-bond donors (Lipinski definition) is 0. The predicted octanol–water partition coefficient (Wildman–Crippen LogP) is 4.01. The Kier molecular flexibility index (Phi) is 4.27. The standard InChI is InChI=1S/C19H22N2O2S/c1-23-14-7-5-13(6-8-14)15-12-16(15)19(22)21-10-3-2-4-17(21)18-20-9-11-24-18/h5-9,11,15-17H,2-4,10,12H2,1H3. The maximum absolute atomic E-state index is 13.1. The largest absolute Gasteiger partial charge is 0.497 e. The number of carbonyl (C=O) groups is 1. The number of benzene rings is 1. The van der Waals surface area contributed by atoms with Crippen molar-refractivity contribution < 1.29 is 9.53 Å². The van der Waals surface area contributed by atoms with Crippen LogP contribution in [0.3, 0.4) is 0 Å². The Morgan fingerprint density at radius 3 is 2.83 bits per heavy atom. The zero-order chi connectivity index (χ0) is 16.5. The van der Waals surface area contributed by atoms with Gasteiger partial charge in [-0.15, -0.1) is 11.3 Å². The maximum atomic E-state index is 13.1. The second kappa shape index (κ2) is 6.55. The van der Waals surface area contributed by atoms with Crippen molar-refractivity contribution in [2.45, 2.75) is 37.6 Å². The summed E-state index contributed by atoms with van der Waals surface area (Å²) in [5, 5.41) is 3.09. The average Bonchev–Trinajstić information content (AvgIpc) is 3.25. The van der Waals surface area contributed by atoms with E-state index in [1.165, 1.54) is 12.0 Å². The lowest BCUT2D eigenvalue weighted by Crippen LogP contribution is -2.39. The highest BCUT2D eigenvalue weighted by Crippen LogP contribution is 2.50. The summed E-state index contributed by atoms with van der Waals surface area (Å²) in [4.78, 5) is 19.6. The number of methoxy groups -OCH3 is 1. The third-order valence-electron chi connectivity index (χ3n) is 5.17. The van der Waals surface area contributed by atoms with Crippen LogP contribution in [-0.4, -0.2) is 29.4 Å². The van der Waals surface area contributed by atoms with E-state index in [4.69, 9.17) is 4.74 Å². The SMILES string of the molecule is COc1ccc(C2CC2C(=O)N2CCCCC2c2nccs2)cc1.